The summed E-state index contributed by atoms with van der Waals surface area (Å²) in [6.45, 7) is 8.47. The molecule has 0 saturated carbocycles. The van der Waals surface area contributed by atoms with E-state index >= 15 is 0 Å². The zero-order valence-electron chi connectivity index (χ0n) is 14.4. The summed E-state index contributed by atoms with van der Waals surface area (Å²) in [6.07, 6.45) is 2.28. The Labute approximate surface area is 145 Å². The molecule has 1 aliphatic rings. The summed E-state index contributed by atoms with van der Waals surface area (Å²) in [7, 11) is 2.18. The van der Waals surface area contributed by atoms with Crippen molar-refractivity contribution in [3.05, 3.63) is 24.3 Å². The first-order valence-corrected chi connectivity index (χ1v) is 9.49. The quantitative estimate of drug-likeness (QED) is 0.433. The molecule has 4 heteroatoms. The number of benzene rings is 1. The van der Waals surface area contributed by atoms with E-state index in [-0.39, 0.29) is 0 Å². The molecule has 0 aliphatic carbocycles. The molecule has 0 unspecified atom stereocenters. The Morgan fingerprint density at radius 2 is 1.83 bits per heavy atom. The molecular weight excluding hydrogens is 304 g/mol. The van der Waals surface area contributed by atoms with Gasteiger partial charge in [-0.2, -0.15) is 0 Å². The van der Waals surface area contributed by atoms with E-state index in [4.69, 9.17) is 4.74 Å². The van der Waals surface area contributed by atoms with Gasteiger partial charge in [-0.05, 0) is 37.7 Å². The average molecular weight is 333 g/mol. The van der Waals surface area contributed by atoms with Crippen LogP contribution in [-0.4, -0.2) is 61.9 Å². The van der Waals surface area contributed by atoms with Crippen LogP contribution in [0.2, 0.25) is 0 Å². The topological polar surface area (TPSA) is 15.7 Å². The lowest BCUT2D eigenvalue weighted by Crippen LogP contribution is -2.44. The van der Waals surface area contributed by atoms with Crippen LogP contribution in [0.3, 0.4) is 0 Å². The maximum atomic E-state index is 5.67. The Balaban J connectivity index is 1.63. The second-order valence-corrected chi connectivity index (χ2v) is 6.94. The molecule has 0 amide bonds. The molecule has 3 nitrogen and oxygen atoms in total. The van der Waals surface area contributed by atoms with Crippen molar-refractivity contribution in [1.82, 2.24) is 9.80 Å². The second-order valence-electron chi connectivity index (χ2n) is 5.90. The van der Waals surface area contributed by atoms with Gasteiger partial charge in [0.25, 0.3) is 0 Å². The van der Waals surface area contributed by atoms with E-state index in [0.29, 0.717) is 0 Å². The molecule has 0 aromatic heterocycles. The van der Waals surface area contributed by atoms with Crippen molar-refractivity contribution < 1.29 is 4.74 Å². The number of rotatable bonds is 7. The van der Waals surface area contributed by atoms with E-state index < -0.39 is 0 Å². The number of ether oxygens (including phenoxy) is 1. The van der Waals surface area contributed by atoms with Gasteiger partial charge in [0.2, 0.25) is 0 Å². The highest BCUT2D eigenvalue weighted by Crippen LogP contribution is 2.21. The average Bonchev–Trinajstić information content (AvgIpc) is 2.58. The van der Waals surface area contributed by atoms with Crippen LogP contribution in [-0.2, 0) is 0 Å². The maximum absolute atomic E-state index is 5.67. The van der Waals surface area contributed by atoms with Gasteiger partial charge in [-0.25, -0.2) is 0 Å². The van der Waals surface area contributed by atoms with Crippen LogP contribution in [0, 0.1) is 11.8 Å². The van der Waals surface area contributed by atoms with Gasteiger partial charge < -0.3 is 9.64 Å². The van der Waals surface area contributed by atoms with Gasteiger partial charge in [-0.1, -0.05) is 25.2 Å². The smallest absolute Gasteiger partial charge is 0.119 e. The monoisotopic (exact) mass is 332 g/mol. The van der Waals surface area contributed by atoms with Crippen LogP contribution in [0.1, 0.15) is 19.8 Å². The van der Waals surface area contributed by atoms with Crippen molar-refractivity contribution >= 4 is 11.8 Å². The minimum atomic E-state index is 0.806. The Bertz CT molecular complexity index is 498. The number of unbranched alkanes of at least 4 members (excludes halogenated alkanes) is 1. The summed E-state index contributed by atoms with van der Waals surface area (Å²) in [4.78, 5) is 6.05. The van der Waals surface area contributed by atoms with Gasteiger partial charge in [-0.15, -0.1) is 11.8 Å². The van der Waals surface area contributed by atoms with Crippen LogP contribution in [0.4, 0.5) is 0 Å². The molecular formula is C19H28N2OS. The first-order valence-electron chi connectivity index (χ1n) is 8.50. The zero-order valence-corrected chi connectivity index (χ0v) is 15.2. The molecule has 1 aromatic carbocycles. The maximum Gasteiger partial charge on any atom is 0.119 e. The van der Waals surface area contributed by atoms with Crippen LogP contribution < -0.4 is 4.74 Å². The van der Waals surface area contributed by atoms with E-state index in [0.717, 1.165) is 57.3 Å². The predicted molar refractivity (Wildman–Crippen MR) is 99.3 cm³/mol. The fourth-order valence-electron chi connectivity index (χ4n) is 2.31. The molecule has 1 heterocycles. The lowest BCUT2D eigenvalue weighted by molar-refractivity contribution is 0.168. The number of nitrogens with zero attached hydrogens (tertiary/aromatic N) is 2. The molecule has 0 radical (unpaired) electrons. The summed E-state index contributed by atoms with van der Waals surface area (Å²) in [5, 5.41) is 0. The molecule has 0 bridgehead atoms. The van der Waals surface area contributed by atoms with Crippen molar-refractivity contribution in [3.63, 3.8) is 0 Å². The molecule has 0 N–H and O–H groups in total. The minimum absolute atomic E-state index is 0.806. The molecule has 126 valence electrons. The Hall–Kier alpha value is -1.15. The van der Waals surface area contributed by atoms with E-state index in [2.05, 4.69) is 59.9 Å². The third-order valence-corrected chi connectivity index (χ3v) is 4.82. The van der Waals surface area contributed by atoms with E-state index in [1.165, 1.54) is 11.3 Å². The minimum Gasteiger partial charge on any atom is -0.494 e. The number of piperazine rings is 1. The summed E-state index contributed by atoms with van der Waals surface area (Å²) >= 11 is 1.79. The van der Waals surface area contributed by atoms with Crippen molar-refractivity contribution in [3.8, 4) is 17.6 Å². The van der Waals surface area contributed by atoms with E-state index in [1.807, 2.05) is 0 Å². The van der Waals surface area contributed by atoms with Crippen LogP contribution in [0.5, 0.6) is 5.75 Å². The summed E-state index contributed by atoms with van der Waals surface area (Å²) in [5.74, 6) is 8.39. The van der Waals surface area contributed by atoms with Gasteiger partial charge in [0.1, 0.15) is 5.75 Å². The standard InChI is InChI=1S/C19H28N2OS/c1-3-4-16-22-18-7-9-19(10-8-18)23-17-6-5-11-21-14-12-20(2)13-15-21/h7-10H,3-4,11-17H2,1-2H3. The highest BCUT2D eigenvalue weighted by atomic mass is 32.2. The lowest BCUT2D eigenvalue weighted by Gasteiger charge is -2.30. The number of hydrogen-bond acceptors (Lipinski definition) is 4. The normalized spacial score (nSPS) is 15.9. The largest absolute Gasteiger partial charge is 0.494 e. The third-order valence-electron chi connectivity index (χ3n) is 3.92. The van der Waals surface area contributed by atoms with E-state index in [9.17, 15) is 0 Å². The molecule has 1 aliphatic heterocycles. The first kappa shape index (κ1) is 18.2. The highest BCUT2D eigenvalue weighted by molar-refractivity contribution is 7.99. The predicted octanol–water partition coefficient (Wildman–Crippen LogP) is 3.21. The third kappa shape index (κ3) is 7.30. The molecule has 1 fully saturated rings. The first-order chi connectivity index (χ1) is 11.3. The van der Waals surface area contributed by atoms with Crippen LogP contribution in [0.15, 0.2) is 29.2 Å². The molecule has 23 heavy (non-hydrogen) atoms. The summed E-state index contributed by atoms with van der Waals surface area (Å²) in [6, 6.07) is 8.34. The second kappa shape index (κ2) is 10.6. The molecule has 1 saturated heterocycles. The fraction of sp³-hybridized carbons (Fsp3) is 0.579. The van der Waals surface area contributed by atoms with Crippen molar-refractivity contribution in [2.75, 3.05) is 52.1 Å². The Morgan fingerprint density at radius 3 is 2.52 bits per heavy atom. The van der Waals surface area contributed by atoms with Crippen LogP contribution in [0.25, 0.3) is 0 Å². The lowest BCUT2D eigenvalue weighted by atomic mass is 10.3. The highest BCUT2D eigenvalue weighted by Gasteiger charge is 2.11. The SMILES string of the molecule is CCCCOc1ccc(SCC#CCN2CCN(C)CC2)cc1. The molecule has 0 spiro atoms. The van der Waals surface area contributed by atoms with Gasteiger partial charge in [-0.3, -0.25) is 4.90 Å². The number of likely N-dealkylation sites (N-methyl/N-ethyl adjacent to an activating group) is 1. The number of thioether (sulfide) groups is 1. The van der Waals surface area contributed by atoms with Gasteiger partial charge in [0.15, 0.2) is 0 Å². The van der Waals surface area contributed by atoms with Crippen molar-refractivity contribution in [2.45, 2.75) is 24.7 Å². The molecule has 2 rings (SSSR count). The van der Waals surface area contributed by atoms with Gasteiger partial charge >= 0.3 is 0 Å². The van der Waals surface area contributed by atoms with Gasteiger partial charge in [0, 0.05) is 31.1 Å². The van der Waals surface area contributed by atoms with Crippen molar-refractivity contribution in [2.24, 2.45) is 0 Å². The summed E-state index contributed by atoms with van der Waals surface area (Å²) < 4.78 is 5.67. The number of hydrogen-bond donors (Lipinski definition) is 0. The fourth-order valence-corrected chi connectivity index (χ4v) is 2.98. The van der Waals surface area contributed by atoms with Gasteiger partial charge in [0.05, 0.1) is 18.9 Å². The molecule has 0 atom stereocenters. The van der Waals surface area contributed by atoms with Crippen LogP contribution >= 0.6 is 11.8 Å². The summed E-state index contributed by atoms with van der Waals surface area (Å²) in [5.41, 5.74) is 0. The van der Waals surface area contributed by atoms with E-state index in [1.54, 1.807) is 11.8 Å². The zero-order chi connectivity index (χ0) is 16.3. The Kier molecular flexibility index (Phi) is 8.38. The molecule has 1 aromatic rings. The Morgan fingerprint density at radius 1 is 1.09 bits per heavy atom. The van der Waals surface area contributed by atoms with Crippen molar-refractivity contribution in [1.29, 1.82) is 0 Å².